The Morgan fingerprint density at radius 2 is 1.55 bits per heavy atom. The molecule has 2 aliphatic rings. The molecule has 29 heavy (non-hydrogen) atoms. The molecule has 7 heteroatoms. The second-order valence-electron chi connectivity index (χ2n) is 7.89. The fourth-order valence-corrected chi connectivity index (χ4v) is 5.61. The van der Waals surface area contributed by atoms with Crippen molar-refractivity contribution in [1.82, 2.24) is 14.2 Å². The minimum Gasteiger partial charge on any atom is -0.375 e. The number of benzene rings is 1. The molecular formula is C22H29N3O3S. The van der Waals surface area contributed by atoms with Gasteiger partial charge in [-0.1, -0.05) is 30.3 Å². The second-order valence-corrected chi connectivity index (χ2v) is 9.83. The molecule has 0 bridgehead atoms. The topological polar surface area (TPSA) is 62.7 Å². The molecule has 1 aromatic carbocycles. The van der Waals surface area contributed by atoms with Crippen molar-refractivity contribution >= 4 is 10.0 Å². The second kappa shape index (κ2) is 9.34. The van der Waals surface area contributed by atoms with Crippen LogP contribution >= 0.6 is 0 Å². The highest BCUT2D eigenvalue weighted by atomic mass is 32.2. The Kier molecular flexibility index (Phi) is 6.60. The van der Waals surface area contributed by atoms with Crippen LogP contribution in [0.2, 0.25) is 0 Å². The van der Waals surface area contributed by atoms with E-state index in [1.807, 2.05) is 0 Å². The van der Waals surface area contributed by atoms with Crippen LogP contribution in [-0.4, -0.2) is 61.0 Å². The fourth-order valence-electron chi connectivity index (χ4n) is 4.17. The van der Waals surface area contributed by atoms with Crippen molar-refractivity contribution in [3.63, 3.8) is 0 Å². The number of sulfonamides is 1. The van der Waals surface area contributed by atoms with Crippen molar-refractivity contribution in [3.05, 3.63) is 60.4 Å². The number of hydrogen-bond donors (Lipinski definition) is 0. The minimum absolute atomic E-state index is 0.154. The van der Waals surface area contributed by atoms with E-state index in [0.29, 0.717) is 13.1 Å². The first-order valence-electron chi connectivity index (χ1n) is 10.4. The molecule has 0 atom stereocenters. The highest BCUT2D eigenvalue weighted by Crippen LogP contribution is 2.25. The summed E-state index contributed by atoms with van der Waals surface area (Å²) in [5.74, 6) is 0. The molecule has 1 aromatic heterocycles. The molecule has 2 saturated heterocycles. The number of nitrogens with zero attached hydrogens (tertiary/aromatic N) is 3. The first-order valence-corrected chi connectivity index (χ1v) is 11.9. The zero-order valence-corrected chi connectivity index (χ0v) is 17.5. The maximum Gasteiger partial charge on any atom is 0.244 e. The van der Waals surface area contributed by atoms with Gasteiger partial charge >= 0.3 is 0 Å². The van der Waals surface area contributed by atoms with E-state index in [4.69, 9.17) is 4.74 Å². The zero-order valence-electron chi connectivity index (χ0n) is 16.7. The summed E-state index contributed by atoms with van der Waals surface area (Å²) in [4.78, 5) is 6.69. The van der Waals surface area contributed by atoms with Crippen molar-refractivity contribution in [2.75, 3.05) is 26.2 Å². The quantitative estimate of drug-likeness (QED) is 0.726. The Bertz CT molecular complexity index is 861. The number of ether oxygens (including phenoxy) is 1. The molecule has 0 spiro atoms. The van der Waals surface area contributed by atoms with Crippen LogP contribution in [0.3, 0.4) is 0 Å². The molecule has 0 aliphatic carbocycles. The molecule has 0 unspecified atom stereocenters. The van der Waals surface area contributed by atoms with E-state index in [9.17, 15) is 8.42 Å². The molecule has 2 aliphatic heterocycles. The third-order valence-electron chi connectivity index (χ3n) is 5.84. The SMILES string of the molecule is O=S(=O)(c1cccnc1)N1CCC(OC2CCN(Cc3ccccc3)CC2)CC1. The number of rotatable bonds is 6. The van der Waals surface area contributed by atoms with Crippen LogP contribution in [0.25, 0.3) is 0 Å². The lowest BCUT2D eigenvalue weighted by Gasteiger charge is -2.36. The number of piperidine rings is 2. The molecule has 6 nitrogen and oxygen atoms in total. The highest BCUT2D eigenvalue weighted by molar-refractivity contribution is 7.89. The van der Waals surface area contributed by atoms with E-state index in [2.05, 4.69) is 40.2 Å². The van der Waals surface area contributed by atoms with E-state index >= 15 is 0 Å². The number of aromatic nitrogens is 1. The van der Waals surface area contributed by atoms with Gasteiger partial charge in [0.2, 0.25) is 10.0 Å². The molecule has 2 aromatic rings. The number of pyridine rings is 1. The Labute approximate surface area is 173 Å². The van der Waals surface area contributed by atoms with Crippen molar-refractivity contribution in [3.8, 4) is 0 Å². The summed E-state index contributed by atoms with van der Waals surface area (Å²) in [5, 5.41) is 0. The molecular weight excluding hydrogens is 386 g/mol. The molecule has 0 saturated carbocycles. The van der Waals surface area contributed by atoms with Gasteiger partial charge in [-0.3, -0.25) is 9.88 Å². The van der Waals surface area contributed by atoms with Gasteiger partial charge in [0.25, 0.3) is 0 Å². The lowest BCUT2D eigenvalue weighted by Crippen LogP contribution is -2.43. The molecule has 0 amide bonds. The van der Waals surface area contributed by atoms with Crippen LogP contribution in [0.15, 0.2) is 59.8 Å². The summed E-state index contributed by atoms with van der Waals surface area (Å²) >= 11 is 0. The summed E-state index contributed by atoms with van der Waals surface area (Å²) in [5.41, 5.74) is 1.36. The molecule has 156 valence electrons. The Morgan fingerprint density at radius 1 is 0.897 bits per heavy atom. The lowest BCUT2D eigenvalue weighted by molar-refractivity contribution is -0.0595. The average Bonchev–Trinajstić information content (AvgIpc) is 2.77. The third kappa shape index (κ3) is 5.22. The number of hydrogen-bond acceptors (Lipinski definition) is 5. The van der Waals surface area contributed by atoms with Gasteiger partial charge < -0.3 is 4.74 Å². The summed E-state index contributed by atoms with van der Waals surface area (Å²) in [6.07, 6.45) is 7.04. The van der Waals surface area contributed by atoms with E-state index < -0.39 is 10.0 Å². The Hall–Kier alpha value is -1.80. The minimum atomic E-state index is -3.45. The van der Waals surface area contributed by atoms with E-state index in [1.54, 1.807) is 22.6 Å². The number of likely N-dealkylation sites (tertiary alicyclic amines) is 1. The van der Waals surface area contributed by atoms with Gasteiger partial charge in [-0.25, -0.2) is 8.42 Å². The monoisotopic (exact) mass is 415 g/mol. The van der Waals surface area contributed by atoms with Gasteiger partial charge in [-0.15, -0.1) is 0 Å². The predicted octanol–water partition coefficient (Wildman–Crippen LogP) is 2.92. The fraction of sp³-hybridized carbons (Fsp3) is 0.500. The van der Waals surface area contributed by atoms with Gasteiger partial charge in [-0.2, -0.15) is 4.31 Å². The van der Waals surface area contributed by atoms with E-state index in [-0.39, 0.29) is 17.1 Å². The van der Waals surface area contributed by atoms with Crippen LogP contribution in [0.1, 0.15) is 31.2 Å². The largest absolute Gasteiger partial charge is 0.375 e. The standard InChI is InChI=1S/C22H29N3O3S/c26-29(27,22-7-4-12-23-17-22)25-15-10-21(11-16-25)28-20-8-13-24(14-9-20)18-19-5-2-1-3-6-19/h1-7,12,17,20-21H,8-11,13-16,18H2. The van der Waals surface area contributed by atoms with Gasteiger partial charge in [-0.05, 0) is 43.4 Å². The summed E-state index contributed by atoms with van der Waals surface area (Å²) < 4.78 is 33.3. The van der Waals surface area contributed by atoms with Gasteiger partial charge in [0.1, 0.15) is 4.90 Å². The van der Waals surface area contributed by atoms with Crippen molar-refractivity contribution in [2.45, 2.75) is 49.3 Å². The molecule has 0 radical (unpaired) electrons. The maximum absolute atomic E-state index is 12.7. The zero-order chi connectivity index (χ0) is 20.1. The molecule has 0 N–H and O–H groups in total. The van der Waals surface area contributed by atoms with Crippen molar-refractivity contribution in [2.24, 2.45) is 0 Å². The normalized spacial score (nSPS) is 20.7. The average molecular weight is 416 g/mol. The summed E-state index contributed by atoms with van der Waals surface area (Å²) in [6.45, 7) is 4.11. The van der Waals surface area contributed by atoms with Crippen LogP contribution in [0, 0.1) is 0 Å². The maximum atomic E-state index is 12.7. The Morgan fingerprint density at radius 3 is 2.17 bits per heavy atom. The van der Waals surface area contributed by atoms with Gasteiger partial charge in [0.05, 0.1) is 12.2 Å². The molecule has 4 rings (SSSR count). The van der Waals surface area contributed by atoms with Gasteiger partial charge in [0.15, 0.2) is 0 Å². The predicted molar refractivity (Wildman–Crippen MR) is 112 cm³/mol. The van der Waals surface area contributed by atoms with Crippen LogP contribution in [-0.2, 0) is 21.3 Å². The lowest BCUT2D eigenvalue weighted by atomic mass is 10.0. The highest BCUT2D eigenvalue weighted by Gasteiger charge is 2.31. The first-order chi connectivity index (χ1) is 14.1. The van der Waals surface area contributed by atoms with Crippen LogP contribution in [0.4, 0.5) is 0 Å². The van der Waals surface area contributed by atoms with Gasteiger partial charge in [0, 0.05) is 45.1 Å². The molecule has 2 fully saturated rings. The summed E-state index contributed by atoms with van der Waals surface area (Å²) in [7, 11) is -3.45. The van der Waals surface area contributed by atoms with Crippen molar-refractivity contribution < 1.29 is 13.2 Å². The van der Waals surface area contributed by atoms with Crippen LogP contribution in [0.5, 0.6) is 0 Å². The van der Waals surface area contributed by atoms with E-state index in [0.717, 1.165) is 45.3 Å². The summed E-state index contributed by atoms with van der Waals surface area (Å²) in [6, 6.07) is 13.8. The van der Waals surface area contributed by atoms with Crippen LogP contribution < -0.4 is 0 Å². The van der Waals surface area contributed by atoms with Crippen molar-refractivity contribution in [1.29, 1.82) is 0 Å². The third-order valence-corrected chi connectivity index (χ3v) is 7.72. The smallest absolute Gasteiger partial charge is 0.244 e. The molecule has 3 heterocycles. The Balaban J connectivity index is 1.22. The first kappa shape index (κ1) is 20.5. The van der Waals surface area contributed by atoms with E-state index in [1.165, 1.54) is 11.8 Å².